The smallest absolute Gasteiger partial charge is 0.0726 e. The highest BCUT2D eigenvalue weighted by Gasteiger charge is 2.09. The van der Waals surface area contributed by atoms with Gasteiger partial charge in [0.05, 0.1) is 17.8 Å². The number of likely N-dealkylation sites (N-methyl/N-ethyl adjacent to an activating group) is 1. The lowest BCUT2D eigenvalue weighted by atomic mass is 10.1. The summed E-state index contributed by atoms with van der Waals surface area (Å²) in [5, 5.41) is 4.52. The normalized spacial score (nSPS) is 10.9. The Balaban J connectivity index is 2.38. The fourth-order valence-electron chi connectivity index (χ4n) is 2.22. The summed E-state index contributed by atoms with van der Waals surface area (Å²) < 4.78 is 5.17. The molecule has 1 aromatic heterocycles. The molecule has 1 aromatic carbocycles. The number of rotatable bonds is 7. The first-order chi connectivity index (χ1) is 9.76. The lowest BCUT2D eigenvalue weighted by Crippen LogP contribution is -2.23. The van der Waals surface area contributed by atoms with E-state index >= 15 is 0 Å². The van der Waals surface area contributed by atoms with E-state index in [1.54, 1.807) is 7.11 Å². The SMILES string of the molecule is CCNCc1cc(N(C)CCOC)c2ccccc2n1. The summed E-state index contributed by atoms with van der Waals surface area (Å²) in [6, 6.07) is 10.4. The van der Waals surface area contributed by atoms with Crippen molar-refractivity contribution in [2.24, 2.45) is 0 Å². The zero-order chi connectivity index (χ0) is 14.4. The van der Waals surface area contributed by atoms with Gasteiger partial charge >= 0.3 is 0 Å². The first kappa shape index (κ1) is 14.8. The summed E-state index contributed by atoms with van der Waals surface area (Å²) in [7, 11) is 3.83. The molecular weight excluding hydrogens is 250 g/mol. The van der Waals surface area contributed by atoms with Crippen LogP contribution < -0.4 is 10.2 Å². The molecule has 1 heterocycles. The third-order valence-electron chi connectivity index (χ3n) is 3.35. The largest absolute Gasteiger partial charge is 0.383 e. The Morgan fingerprint density at radius 2 is 2.10 bits per heavy atom. The minimum atomic E-state index is 0.718. The van der Waals surface area contributed by atoms with Crippen LogP contribution in [-0.4, -0.2) is 38.8 Å². The summed E-state index contributed by atoms with van der Waals surface area (Å²) >= 11 is 0. The first-order valence-corrected chi connectivity index (χ1v) is 7.05. The number of para-hydroxylation sites is 1. The van der Waals surface area contributed by atoms with E-state index in [1.165, 1.54) is 11.1 Å². The molecular formula is C16H23N3O. The van der Waals surface area contributed by atoms with Gasteiger partial charge in [0.2, 0.25) is 0 Å². The summed E-state index contributed by atoms with van der Waals surface area (Å²) in [5.41, 5.74) is 3.33. The topological polar surface area (TPSA) is 37.4 Å². The molecule has 0 atom stereocenters. The van der Waals surface area contributed by atoms with E-state index in [1.807, 2.05) is 6.07 Å². The molecule has 0 amide bonds. The molecule has 0 radical (unpaired) electrons. The Labute approximate surface area is 120 Å². The quantitative estimate of drug-likeness (QED) is 0.840. The second-order valence-electron chi connectivity index (χ2n) is 4.84. The lowest BCUT2D eigenvalue weighted by Gasteiger charge is -2.21. The third kappa shape index (κ3) is 3.46. The highest BCUT2D eigenvalue weighted by molar-refractivity contribution is 5.91. The fourth-order valence-corrected chi connectivity index (χ4v) is 2.22. The van der Waals surface area contributed by atoms with Crippen LogP contribution in [0, 0.1) is 0 Å². The highest BCUT2D eigenvalue weighted by atomic mass is 16.5. The van der Waals surface area contributed by atoms with E-state index in [9.17, 15) is 0 Å². The summed E-state index contributed by atoms with van der Waals surface area (Å²) in [4.78, 5) is 6.94. The van der Waals surface area contributed by atoms with E-state index in [4.69, 9.17) is 9.72 Å². The first-order valence-electron chi connectivity index (χ1n) is 7.05. The second-order valence-corrected chi connectivity index (χ2v) is 4.84. The number of aromatic nitrogens is 1. The molecule has 2 aromatic rings. The van der Waals surface area contributed by atoms with E-state index in [-0.39, 0.29) is 0 Å². The van der Waals surface area contributed by atoms with Gasteiger partial charge in [-0.1, -0.05) is 25.1 Å². The zero-order valence-corrected chi connectivity index (χ0v) is 12.5. The molecule has 108 valence electrons. The van der Waals surface area contributed by atoms with E-state index in [0.29, 0.717) is 0 Å². The highest BCUT2D eigenvalue weighted by Crippen LogP contribution is 2.25. The van der Waals surface area contributed by atoms with Crippen molar-refractivity contribution in [1.82, 2.24) is 10.3 Å². The number of hydrogen-bond acceptors (Lipinski definition) is 4. The molecule has 0 spiro atoms. The average Bonchev–Trinajstić information content (AvgIpc) is 2.49. The van der Waals surface area contributed by atoms with Crippen molar-refractivity contribution >= 4 is 16.6 Å². The molecule has 0 bridgehead atoms. The van der Waals surface area contributed by atoms with Gasteiger partial charge in [0.1, 0.15) is 0 Å². The van der Waals surface area contributed by atoms with Crippen LogP contribution in [-0.2, 0) is 11.3 Å². The minimum Gasteiger partial charge on any atom is -0.383 e. The fraction of sp³-hybridized carbons (Fsp3) is 0.438. The van der Waals surface area contributed by atoms with Gasteiger partial charge in [0.25, 0.3) is 0 Å². The van der Waals surface area contributed by atoms with Crippen molar-refractivity contribution in [2.75, 3.05) is 38.8 Å². The number of anilines is 1. The van der Waals surface area contributed by atoms with Gasteiger partial charge < -0.3 is 15.0 Å². The maximum Gasteiger partial charge on any atom is 0.0726 e. The third-order valence-corrected chi connectivity index (χ3v) is 3.35. The van der Waals surface area contributed by atoms with Crippen LogP contribution in [0.3, 0.4) is 0 Å². The number of nitrogens with one attached hydrogen (secondary N) is 1. The van der Waals surface area contributed by atoms with Crippen molar-refractivity contribution in [3.05, 3.63) is 36.0 Å². The Morgan fingerprint density at radius 3 is 2.85 bits per heavy atom. The average molecular weight is 273 g/mol. The monoisotopic (exact) mass is 273 g/mol. The number of hydrogen-bond donors (Lipinski definition) is 1. The van der Waals surface area contributed by atoms with Gasteiger partial charge in [0.15, 0.2) is 0 Å². The lowest BCUT2D eigenvalue weighted by molar-refractivity contribution is 0.206. The van der Waals surface area contributed by atoms with Crippen LogP contribution in [0.5, 0.6) is 0 Å². The minimum absolute atomic E-state index is 0.718. The molecule has 2 rings (SSSR count). The van der Waals surface area contributed by atoms with Crippen LogP contribution in [0.2, 0.25) is 0 Å². The summed E-state index contributed by atoms with van der Waals surface area (Å²) in [5.74, 6) is 0. The Hall–Kier alpha value is -1.65. The van der Waals surface area contributed by atoms with Crippen LogP contribution in [0.4, 0.5) is 5.69 Å². The molecule has 0 aliphatic rings. The molecule has 0 unspecified atom stereocenters. The maximum absolute atomic E-state index is 5.17. The molecule has 0 aliphatic heterocycles. The number of fused-ring (bicyclic) bond motifs is 1. The van der Waals surface area contributed by atoms with E-state index in [0.717, 1.165) is 37.5 Å². The number of nitrogens with zero attached hydrogens (tertiary/aromatic N) is 2. The van der Waals surface area contributed by atoms with Gasteiger partial charge in [-0.15, -0.1) is 0 Å². The van der Waals surface area contributed by atoms with Crippen LogP contribution in [0.15, 0.2) is 30.3 Å². The van der Waals surface area contributed by atoms with E-state index in [2.05, 4.69) is 48.5 Å². The Kier molecular flexibility index (Phi) is 5.32. The maximum atomic E-state index is 5.17. The van der Waals surface area contributed by atoms with Gasteiger partial charge in [-0.25, -0.2) is 0 Å². The molecule has 0 aliphatic carbocycles. The van der Waals surface area contributed by atoms with Crippen LogP contribution >= 0.6 is 0 Å². The zero-order valence-electron chi connectivity index (χ0n) is 12.5. The molecule has 0 saturated heterocycles. The predicted molar refractivity (Wildman–Crippen MR) is 84.3 cm³/mol. The van der Waals surface area contributed by atoms with Crippen molar-refractivity contribution < 1.29 is 4.74 Å². The summed E-state index contributed by atoms with van der Waals surface area (Å²) in [6.45, 7) is 5.43. The van der Waals surface area contributed by atoms with Crippen molar-refractivity contribution in [1.29, 1.82) is 0 Å². The van der Waals surface area contributed by atoms with Crippen molar-refractivity contribution in [3.63, 3.8) is 0 Å². The predicted octanol–water partition coefficient (Wildman–Crippen LogP) is 2.43. The van der Waals surface area contributed by atoms with Gasteiger partial charge in [0, 0.05) is 38.3 Å². The number of benzene rings is 1. The Bertz CT molecular complexity index is 556. The Morgan fingerprint density at radius 1 is 1.30 bits per heavy atom. The molecule has 4 heteroatoms. The standard InChI is InChI=1S/C16H23N3O/c1-4-17-12-13-11-16(19(2)9-10-20-3)14-7-5-6-8-15(14)18-13/h5-8,11,17H,4,9-10,12H2,1-3H3. The van der Waals surface area contributed by atoms with E-state index < -0.39 is 0 Å². The molecule has 0 fully saturated rings. The van der Waals surface area contributed by atoms with Gasteiger partial charge in [-0.3, -0.25) is 4.98 Å². The van der Waals surface area contributed by atoms with Crippen molar-refractivity contribution in [2.45, 2.75) is 13.5 Å². The molecule has 0 saturated carbocycles. The van der Waals surface area contributed by atoms with Crippen LogP contribution in [0.1, 0.15) is 12.6 Å². The molecule has 20 heavy (non-hydrogen) atoms. The van der Waals surface area contributed by atoms with Gasteiger partial charge in [-0.2, -0.15) is 0 Å². The second kappa shape index (κ2) is 7.22. The number of pyridine rings is 1. The van der Waals surface area contributed by atoms with Crippen molar-refractivity contribution in [3.8, 4) is 0 Å². The number of ether oxygens (including phenoxy) is 1. The molecule has 1 N–H and O–H groups in total. The summed E-state index contributed by atoms with van der Waals surface area (Å²) in [6.07, 6.45) is 0. The number of methoxy groups -OCH3 is 1. The molecule has 4 nitrogen and oxygen atoms in total. The van der Waals surface area contributed by atoms with Crippen LogP contribution in [0.25, 0.3) is 10.9 Å². The van der Waals surface area contributed by atoms with Gasteiger partial charge in [-0.05, 0) is 18.7 Å².